The normalized spacial score (nSPS) is 12.3. The number of hydrogen-bond donors (Lipinski definition) is 0. The van der Waals surface area contributed by atoms with Crippen molar-refractivity contribution >= 4 is 38.1 Å². The molecule has 0 aromatic heterocycles. The lowest BCUT2D eigenvalue weighted by Crippen LogP contribution is -1.96. The molecule has 0 bridgehead atoms. The highest BCUT2D eigenvalue weighted by molar-refractivity contribution is 9.10. The van der Waals surface area contributed by atoms with Crippen molar-refractivity contribution in [3.05, 3.63) is 76.3 Å². The van der Waals surface area contributed by atoms with Gasteiger partial charge in [-0.05, 0) is 53.2 Å². The number of halogens is 3. The Bertz CT molecular complexity index is 1070. The topological polar surface area (TPSA) is 51.0 Å². The third-order valence-corrected chi connectivity index (χ3v) is 5.89. The third-order valence-electron chi connectivity index (χ3n) is 3.84. The minimum Gasteiger partial charge on any atom is -0.496 e. The summed E-state index contributed by atoms with van der Waals surface area (Å²) in [6.07, 6.45) is 0. The van der Waals surface area contributed by atoms with Crippen LogP contribution < -0.4 is 4.74 Å². The van der Waals surface area contributed by atoms with E-state index < -0.39 is 22.4 Å². The summed E-state index contributed by atoms with van der Waals surface area (Å²) in [5.74, 6) is -0.875. The van der Waals surface area contributed by atoms with Gasteiger partial charge in [-0.3, -0.25) is 0 Å². The first-order valence-corrected chi connectivity index (χ1v) is 10.1. The zero-order valence-electron chi connectivity index (χ0n) is 14.9. The maximum absolute atomic E-state index is 13.8. The molecule has 0 aliphatic rings. The average Bonchev–Trinajstić information content (AvgIpc) is 2.68. The third kappa shape index (κ3) is 4.51. The number of benzene rings is 3. The first-order valence-electron chi connectivity index (χ1n) is 8.12. The van der Waals surface area contributed by atoms with E-state index in [2.05, 4.69) is 26.2 Å². The summed E-state index contributed by atoms with van der Waals surface area (Å²) in [5.41, 5.74) is 1.03. The maximum Gasteiger partial charge on any atom is 0.150 e. The maximum atomic E-state index is 13.8. The summed E-state index contributed by atoms with van der Waals surface area (Å²) in [6, 6.07) is 13.3. The van der Waals surface area contributed by atoms with Gasteiger partial charge in [-0.15, -0.1) is 10.2 Å². The van der Waals surface area contributed by atoms with Crippen molar-refractivity contribution in [1.82, 2.24) is 0 Å². The van der Waals surface area contributed by atoms with E-state index >= 15 is 0 Å². The molecule has 8 heteroatoms. The van der Waals surface area contributed by atoms with Crippen LogP contribution in [0.25, 0.3) is 0 Å². The number of methoxy groups -OCH3 is 1. The van der Waals surface area contributed by atoms with E-state index in [9.17, 15) is 13.0 Å². The van der Waals surface area contributed by atoms with Gasteiger partial charge in [0.1, 0.15) is 22.9 Å². The van der Waals surface area contributed by atoms with Crippen LogP contribution in [-0.4, -0.2) is 11.3 Å². The van der Waals surface area contributed by atoms with Gasteiger partial charge in [-0.2, -0.15) is 0 Å². The van der Waals surface area contributed by atoms with E-state index in [-0.39, 0.29) is 11.4 Å². The second-order valence-electron chi connectivity index (χ2n) is 5.83. The van der Waals surface area contributed by atoms with Crippen LogP contribution in [0.2, 0.25) is 0 Å². The van der Waals surface area contributed by atoms with E-state index in [1.807, 2.05) is 19.1 Å². The molecule has 0 saturated heterocycles. The van der Waals surface area contributed by atoms with Crippen molar-refractivity contribution in [2.75, 3.05) is 7.11 Å². The Hall–Kier alpha value is -2.45. The molecule has 0 fully saturated rings. The molecule has 1 atom stereocenters. The van der Waals surface area contributed by atoms with Crippen molar-refractivity contribution in [1.29, 1.82) is 0 Å². The van der Waals surface area contributed by atoms with Crippen molar-refractivity contribution in [2.24, 2.45) is 10.2 Å². The fourth-order valence-corrected chi connectivity index (χ4v) is 4.00. The molecule has 0 N–H and O–H groups in total. The van der Waals surface area contributed by atoms with Crippen molar-refractivity contribution in [2.45, 2.75) is 16.7 Å². The number of aryl methyl sites for hydroxylation is 1. The molecule has 4 nitrogen and oxygen atoms in total. The van der Waals surface area contributed by atoms with Crippen LogP contribution in [0.1, 0.15) is 5.56 Å². The van der Waals surface area contributed by atoms with Crippen LogP contribution in [0, 0.1) is 18.6 Å². The molecule has 0 heterocycles. The number of hydrogen-bond acceptors (Lipinski definition) is 4. The van der Waals surface area contributed by atoms with Crippen molar-refractivity contribution in [3.8, 4) is 5.75 Å². The molecule has 3 aromatic carbocycles. The molecular weight excluding hydrogens is 450 g/mol. The Morgan fingerprint density at radius 1 is 0.964 bits per heavy atom. The van der Waals surface area contributed by atoms with Crippen molar-refractivity contribution < 1.29 is 17.7 Å². The first kappa shape index (κ1) is 20.3. The van der Waals surface area contributed by atoms with Crippen LogP contribution in [0.4, 0.5) is 20.2 Å². The number of rotatable bonds is 5. The fraction of sp³-hybridized carbons (Fsp3) is 0.100. The fourth-order valence-electron chi connectivity index (χ4n) is 2.37. The molecule has 0 aliphatic heterocycles. The zero-order valence-corrected chi connectivity index (χ0v) is 17.4. The van der Waals surface area contributed by atoms with Crippen LogP contribution >= 0.6 is 15.9 Å². The van der Waals surface area contributed by atoms with Gasteiger partial charge < -0.3 is 4.74 Å². The van der Waals surface area contributed by atoms with Gasteiger partial charge in [0.15, 0.2) is 5.82 Å². The molecule has 0 radical (unpaired) electrons. The van der Waals surface area contributed by atoms with Gasteiger partial charge in [0.05, 0.1) is 27.3 Å². The largest absolute Gasteiger partial charge is 0.496 e. The average molecular weight is 465 g/mol. The van der Waals surface area contributed by atoms with Gasteiger partial charge in [0.25, 0.3) is 0 Å². The van der Waals surface area contributed by atoms with Crippen LogP contribution in [0.15, 0.2) is 79.1 Å². The molecule has 0 aliphatic carbocycles. The van der Waals surface area contributed by atoms with Crippen molar-refractivity contribution in [3.63, 3.8) is 0 Å². The van der Waals surface area contributed by atoms with E-state index in [4.69, 9.17) is 4.74 Å². The molecule has 0 spiro atoms. The predicted molar refractivity (Wildman–Crippen MR) is 107 cm³/mol. The molecule has 0 amide bonds. The summed E-state index contributed by atoms with van der Waals surface area (Å²) in [4.78, 5) is 0.910. The van der Waals surface area contributed by atoms with Crippen LogP contribution in [0.5, 0.6) is 5.75 Å². The zero-order chi connectivity index (χ0) is 20.3. The molecule has 3 aromatic rings. The molecule has 144 valence electrons. The second-order valence-corrected chi connectivity index (χ2v) is 8.14. The van der Waals surface area contributed by atoms with Crippen LogP contribution in [0.3, 0.4) is 0 Å². The quantitative estimate of drug-likeness (QED) is 0.398. The lowest BCUT2D eigenvalue weighted by molar-refractivity contribution is 0.411. The molecule has 1 unspecified atom stereocenters. The van der Waals surface area contributed by atoms with E-state index in [1.54, 1.807) is 24.3 Å². The standard InChI is InChI=1S/C20H15BrF2N2O2S/c1-12-3-6-14(7-4-12)28(26)20-11-19(27-2)15(21)10-18(20)25-24-17-9-13(22)5-8-16(17)23/h3-11H,1-2H3. The lowest BCUT2D eigenvalue weighted by atomic mass is 10.2. The summed E-state index contributed by atoms with van der Waals surface area (Å²) >= 11 is 3.35. The summed E-state index contributed by atoms with van der Waals surface area (Å²) < 4.78 is 46.1. The second kappa shape index (κ2) is 8.70. The Labute approximate surface area is 171 Å². The van der Waals surface area contributed by atoms with Gasteiger partial charge in [-0.25, -0.2) is 13.0 Å². The Morgan fingerprint density at radius 3 is 2.32 bits per heavy atom. The summed E-state index contributed by atoms with van der Waals surface area (Å²) in [5, 5.41) is 7.82. The van der Waals surface area contributed by atoms with Gasteiger partial charge in [-0.1, -0.05) is 17.7 Å². The minimum atomic E-state index is -1.58. The molecular formula is C20H15BrF2N2O2S. The van der Waals surface area contributed by atoms with E-state index in [0.717, 1.165) is 23.8 Å². The Kier molecular flexibility index (Phi) is 6.31. The van der Waals surface area contributed by atoms with Gasteiger partial charge in [0.2, 0.25) is 0 Å². The molecule has 3 rings (SSSR count). The lowest BCUT2D eigenvalue weighted by Gasteiger charge is -2.10. The van der Waals surface area contributed by atoms with Gasteiger partial charge in [0, 0.05) is 17.0 Å². The smallest absolute Gasteiger partial charge is 0.150 e. The Morgan fingerprint density at radius 2 is 1.64 bits per heavy atom. The van der Waals surface area contributed by atoms with E-state index in [1.165, 1.54) is 7.11 Å². The first-order chi connectivity index (χ1) is 13.4. The monoisotopic (exact) mass is 464 g/mol. The predicted octanol–water partition coefficient (Wildman–Crippen LogP) is 6.63. The van der Waals surface area contributed by atoms with Crippen LogP contribution in [-0.2, 0) is 10.8 Å². The summed E-state index contributed by atoms with van der Waals surface area (Å²) in [7, 11) is -0.0887. The van der Waals surface area contributed by atoms with Gasteiger partial charge >= 0.3 is 0 Å². The molecule has 28 heavy (non-hydrogen) atoms. The highest BCUT2D eigenvalue weighted by atomic mass is 79.9. The minimum absolute atomic E-state index is 0.246. The highest BCUT2D eigenvalue weighted by Gasteiger charge is 2.16. The van der Waals surface area contributed by atoms with E-state index in [0.29, 0.717) is 20.0 Å². The highest BCUT2D eigenvalue weighted by Crippen LogP contribution is 2.37. The number of ether oxygens (including phenoxy) is 1. The summed E-state index contributed by atoms with van der Waals surface area (Å²) in [6.45, 7) is 1.93. The number of azo groups is 1. The Balaban J connectivity index is 2.08. The molecule has 0 saturated carbocycles. The SMILES string of the molecule is COc1cc(S(=O)c2ccc(C)cc2)c(N=Nc2cc(F)ccc2F)cc1Br. The number of nitrogens with zero attached hydrogens (tertiary/aromatic N) is 2.